The molecule has 0 bridgehead atoms. The molecule has 0 aliphatic rings. The Morgan fingerprint density at radius 1 is 0.905 bits per heavy atom. The molecule has 0 spiro atoms. The molecule has 0 N–H and O–H groups in total. The van der Waals surface area contributed by atoms with Gasteiger partial charge in [0.25, 0.3) is 0 Å². The van der Waals surface area contributed by atoms with Crippen LogP contribution in [-0.4, -0.2) is 18.7 Å². The zero-order valence-corrected chi connectivity index (χ0v) is 12.5. The fourth-order valence-electron chi connectivity index (χ4n) is 2.37. The van der Waals surface area contributed by atoms with Crippen molar-refractivity contribution in [3.8, 4) is 5.75 Å². The number of aryl methyl sites for hydroxylation is 2. The van der Waals surface area contributed by atoms with Gasteiger partial charge >= 0.3 is 0 Å². The summed E-state index contributed by atoms with van der Waals surface area (Å²) in [5, 5.41) is 0. The van der Waals surface area contributed by atoms with E-state index in [4.69, 9.17) is 4.74 Å². The van der Waals surface area contributed by atoms with Crippen molar-refractivity contribution in [2.75, 3.05) is 7.11 Å². The van der Waals surface area contributed by atoms with Gasteiger partial charge in [0.1, 0.15) is 5.75 Å². The molecule has 3 heteroatoms. The number of ketones is 2. The molecule has 21 heavy (non-hydrogen) atoms. The molecule has 2 aromatic carbocycles. The summed E-state index contributed by atoms with van der Waals surface area (Å²) in [4.78, 5) is 24.5. The van der Waals surface area contributed by atoms with Crippen LogP contribution in [0.1, 0.15) is 38.3 Å². The fourth-order valence-corrected chi connectivity index (χ4v) is 2.37. The van der Waals surface area contributed by atoms with Crippen LogP contribution in [0.2, 0.25) is 0 Å². The first-order chi connectivity index (χ1) is 10.0. The maximum atomic E-state index is 12.3. The van der Waals surface area contributed by atoms with E-state index < -0.39 is 0 Å². The van der Waals surface area contributed by atoms with E-state index in [1.54, 1.807) is 31.4 Å². The van der Waals surface area contributed by atoms with Gasteiger partial charge < -0.3 is 4.74 Å². The maximum absolute atomic E-state index is 12.3. The van der Waals surface area contributed by atoms with Gasteiger partial charge in [0.2, 0.25) is 0 Å². The van der Waals surface area contributed by atoms with E-state index in [1.165, 1.54) is 0 Å². The van der Waals surface area contributed by atoms with E-state index in [0.717, 1.165) is 11.1 Å². The molecule has 0 fully saturated rings. The molecule has 0 atom stereocenters. The van der Waals surface area contributed by atoms with E-state index in [0.29, 0.717) is 16.9 Å². The summed E-state index contributed by atoms with van der Waals surface area (Å²) in [5.74, 6) is 0.379. The third-order valence-electron chi connectivity index (χ3n) is 3.49. The highest BCUT2D eigenvalue weighted by Crippen LogP contribution is 2.18. The molecule has 2 rings (SSSR count). The molecule has 0 aliphatic heterocycles. The lowest BCUT2D eigenvalue weighted by atomic mass is 9.95. The second kappa shape index (κ2) is 6.35. The molecule has 0 saturated carbocycles. The predicted molar refractivity (Wildman–Crippen MR) is 82.2 cm³/mol. The van der Waals surface area contributed by atoms with Crippen molar-refractivity contribution in [3.05, 3.63) is 64.7 Å². The summed E-state index contributed by atoms with van der Waals surface area (Å²) < 4.78 is 5.05. The van der Waals surface area contributed by atoms with Crippen molar-refractivity contribution in [2.45, 2.75) is 20.3 Å². The van der Waals surface area contributed by atoms with Crippen LogP contribution in [0.15, 0.2) is 42.5 Å². The predicted octanol–water partition coefficient (Wildman–Crippen LogP) is 3.77. The number of rotatable bonds is 5. The highest BCUT2D eigenvalue weighted by molar-refractivity contribution is 6.14. The van der Waals surface area contributed by atoms with Gasteiger partial charge in [-0.05, 0) is 49.2 Å². The number of methoxy groups -OCH3 is 1. The van der Waals surface area contributed by atoms with Crippen LogP contribution in [0.25, 0.3) is 0 Å². The number of hydrogen-bond donors (Lipinski definition) is 0. The smallest absolute Gasteiger partial charge is 0.171 e. The summed E-state index contributed by atoms with van der Waals surface area (Å²) in [6.07, 6.45) is -0.113. The van der Waals surface area contributed by atoms with Crippen molar-refractivity contribution in [3.63, 3.8) is 0 Å². The van der Waals surface area contributed by atoms with Crippen LogP contribution < -0.4 is 4.74 Å². The second-order valence-corrected chi connectivity index (χ2v) is 5.02. The second-order valence-electron chi connectivity index (χ2n) is 5.02. The molecule has 3 nitrogen and oxygen atoms in total. The van der Waals surface area contributed by atoms with E-state index in [1.807, 2.05) is 32.0 Å². The zero-order valence-electron chi connectivity index (χ0n) is 12.5. The van der Waals surface area contributed by atoms with Crippen LogP contribution in [0.3, 0.4) is 0 Å². The molecule has 2 aromatic rings. The van der Waals surface area contributed by atoms with Crippen LogP contribution >= 0.6 is 0 Å². The molecule has 108 valence electrons. The Bertz CT molecular complexity index is 649. The van der Waals surface area contributed by atoms with Gasteiger partial charge in [-0.25, -0.2) is 0 Å². The Hall–Kier alpha value is -2.42. The number of ether oxygens (including phenoxy) is 1. The molecule has 0 heterocycles. The van der Waals surface area contributed by atoms with E-state index in [2.05, 4.69) is 0 Å². The third-order valence-corrected chi connectivity index (χ3v) is 3.49. The average molecular weight is 282 g/mol. The lowest BCUT2D eigenvalue weighted by molar-refractivity contribution is 0.0893. The van der Waals surface area contributed by atoms with Crippen molar-refractivity contribution < 1.29 is 14.3 Å². The summed E-state index contributed by atoms with van der Waals surface area (Å²) in [6, 6.07) is 12.5. The van der Waals surface area contributed by atoms with Crippen LogP contribution in [0.5, 0.6) is 5.75 Å². The highest BCUT2D eigenvalue weighted by Gasteiger charge is 2.17. The van der Waals surface area contributed by atoms with Crippen LogP contribution in [-0.2, 0) is 0 Å². The molecule has 0 aliphatic carbocycles. The highest BCUT2D eigenvalue weighted by atomic mass is 16.5. The van der Waals surface area contributed by atoms with Crippen molar-refractivity contribution in [2.24, 2.45) is 0 Å². The quantitative estimate of drug-likeness (QED) is 0.619. The summed E-state index contributed by atoms with van der Waals surface area (Å²) in [5.41, 5.74) is 2.99. The minimum Gasteiger partial charge on any atom is -0.497 e. The van der Waals surface area contributed by atoms with Crippen molar-refractivity contribution in [1.82, 2.24) is 0 Å². The third kappa shape index (κ3) is 3.37. The summed E-state index contributed by atoms with van der Waals surface area (Å²) in [6.45, 7) is 3.77. The van der Waals surface area contributed by atoms with Gasteiger partial charge in [-0.3, -0.25) is 9.59 Å². The van der Waals surface area contributed by atoms with Gasteiger partial charge in [-0.2, -0.15) is 0 Å². The number of Topliss-reactive ketones (excluding diaryl/α,β-unsaturated/α-hetero) is 2. The number of benzene rings is 2. The van der Waals surface area contributed by atoms with Gasteiger partial charge in [0.15, 0.2) is 11.6 Å². The Morgan fingerprint density at radius 3 is 2.00 bits per heavy atom. The zero-order chi connectivity index (χ0) is 15.4. The molecule has 0 unspecified atom stereocenters. The first-order valence-electron chi connectivity index (χ1n) is 6.79. The van der Waals surface area contributed by atoms with E-state index in [-0.39, 0.29) is 18.0 Å². The Morgan fingerprint density at radius 2 is 1.48 bits per heavy atom. The molecular formula is C18H18O3. The maximum Gasteiger partial charge on any atom is 0.171 e. The number of carbonyl (C=O) groups is 2. The Labute approximate surface area is 124 Å². The minimum absolute atomic E-state index is 0.113. The first kappa shape index (κ1) is 15.0. The van der Waals surface area contributed by atoms with Crippen LogP contribution in [0.4, 0.5) is 0 Å². The SMILES string of the molecule is COc1ccc(C(=O)CC(=O)c2c(C)cccc2C)cc1. The topological polar surface area (TPSA) is 43.4 Å². The molecule has 0 amide bonds. The normalized spacial score (nSPS) is 10.2. The largest absolute Gasteiger partial charge is 0.497 e. The first-order valence-corrected chi connectivity index (χ1v) is 6.79. The van der Waals surface area contributed by atoms with Crippen LogP contribution in [0, 0.1) is 13.8 Å². The van der Waals surface area contributed by atoms with E-state index in [9.17, 15) is 9.59 Å². The molecule has 0 aromatic heterocycles. The van der Waals surface area contributed by atoms with Crippen molar-refractivity contribution >= 4 is 11.6 Å². The summed E-state index contributed by atoms with van der Waals surface area (Å²) >= 11 is 0. The lowest BCUT2D eigenvalue weighted by Gasteiger charge is -2.08. The number of hydrogen-bond acceptors (Lipinski definition) is 3. The fraction of sp³-hybridized carbons (Fsp3) is 0.222. The molecular weight excluding hydrogens is 264 g/mol. The minimum atomic E-state index is -0.176. The van der Waals surface area contributed by atoms with Gasteiger partial charge in [0, 0.05) is 11.1 Å². The van der Waals surface area contributed by atoms with E-state index >= 15 is 0 Å². The Balaban J connectivity index is 2.17. The summed E-state index contributed by atoms with van der Waals surface area (Å²) in [7, 11) is 1.57. The molecule has 0 radical (unpaired) electrons. The van der Waals surface area contributed by atoms with Gasteiger partial charge in [-0.15, -0.1) is 0 Å². The lowest BCUT2D eigenvalue weighted by Crippen LogP contribution is -2.11. The van der Waals surface area contributed by atoms with Crippen molar-refractivity contribution in [1.29, 1.82) is 0 Å². The number of carbonyl (C=O) groups excluding carboxylic acids is 2. The molecule has 0 saturated heterocycles. The van der Waals surface area contributed by atoms with Gasteiger partial charge in [0.05, 0.1) is 13.5 Å². The standard InChI is InChI=1S/C18H18O3/c1-12-5-4-6-13(2)18(12)17(20)11-16(19)14-7-9-15(21-3)10-8-14/h4-10H,11H2,1-3H3. The Kier molecular flexibility index (Phi) is 4.53. The average Bonchev–Trinajstić information content (AvgIpc) is 2.47. The van der Waals surface area contributed by atoms with Gasteiger partial charge in [-0.1, -0.05) is 18.2 Å². The monoisotopic (exact) mass is 282 g/mol.